The number of rotatable bonds is 6. The van der Waals surface area contributed by atoms with E-state index in [4.69, 9.17) is 14.6 Å². The average molecular weight is 603 g/mol. The molecule has 7 nitrogen and oxygen atoms in total. The van der Waals surface area contributed by atoms with Gasteiger partial charge < -0.3 is 14.6 Å². The Bertz CT molecular complexity index is 1130. The molecule has 3 saturated carbocycles. The lowest BCUT2D eigenvalue weighted by Crippen LogP contribution is -2.71. The number of esters is 2. The number of carbonyl (C=O) groups excluding carboxylic acids is 4. The first-order valence-electron chi connectivity index (χ1n) is 14.2. The number of alkyl halides is 3. The minimum atomic E-state index is -2.31. The molecule has 11 heteroatoms. The maximum atomic E-state index is 18.0. The van der Waals surface area contributed by atoms with E-state index in [9.17, 15) is 23.6 Å². The summed E-state index contributed by atoms with van der Waals surface area (Å²) in [7, 11) is 0. The third-order valence-electron chi connectivity index (χ3n) is 9.76. The van der Waals surface area contributed by atoms with Gasteiger partial charge in [-0.05, 0) is 68.5 Å². The molecule has 0 aromatic rings. The molecule has 4 rings (SSSR count). The van der Waals surface area contributed by atoms with Gasteiger partial charge in [-0.3, -0.25) is 19.2 Å². The molecule has 0 heterocycles. The van der Waals surface area contributed by atoms with Crippen molar-refractivity contribution in [2.75, 3.05) is 12.6 Å². The summed E-state index contributed by atoms with van der Waals surface area (Å²) in [4.78, 5) is 51.0. The van der Waals surface area contributed by atoms with E-state index >= 15 is 8.78 Å². The van der Waals surface area contributed by atoms with Crippen molar-refractivity contribution in [2.45, 2.75) is 97.2 Å². The number of thioether (sulfide) groups is 1. The van der Waals surface area contributed by atoms with E-state index in [1.165, 1.54) is 19.1 Å². The number of aliphatic hydroxyl groups excluding tert-OH is 1. The van der Waals surface area contributed by atoms with Gasteiger partial charge in [-0.2, -0.15) is 0 Å². The summed E-state index contributed by atoms with van der Waals surface area (Å²) in [6, 6.07) is -1.04. The SMILES string of the molecule is CCC(=O)O[C@H]1C[C@@]2(C)[C@@H](C[C@@H](C)[C@]2(OC(=O)CC)C(=O)SCF)[C@@H]2C[C@H](F)C3=CC(=O)C=C[C@]3(C)[C@@]12F.CCO. The van der Waals surface area contributed by atoms with Crippen LogP contribution in [0.15, 0.2) is 23.8 Å². The Hall–Kier alpha value is -2.14. The van der Waals surface area contributed by atoms with Crippen molar-refractivity contribution >= 4 is 34.6 Å². The predicted molar refractivity (Wildman–Crippen MR) is 148 cm³/mol. The van der Waals surface area contributed by atoms with Crippen LogP contribution in [-0.2, 0) is 28.7 Å². The number of ether oxygens (including phenoxy) is 2. The number of ketones is 1. The third-order valence-corrected chi connectivity index (χ3v) is 10.4. The number of allylic oxidation sites excluding steroid dienone is 4. The van der Waals surface area contributed by atoms with Gasteiger partial charge in [0.2, 0.25) is 5.12 Å². The lowest BCUT2D eigenvalue weighted by molar-refractivity contribution is -0.237. The predicted octanol–water partition coefficient (Wildman–Crippen LogP) is 5.39. The van der Waals surface area contributed by atoms with Gasteiger partial charge in [-0.25, -0.2) is 13.2 Å². The van der Waals surface area contributed by atoms with Crippen LogP contribution in [0.1, 0.15) is 73.6 Å². The van der Waals surface area contributed by atoms with E-state index < -0.39 is 81.0 Å². The molecule has 9 atom stereocenters. The summed E-state index contributed by atoms with van der Waals surface area (Å²) in [6.07, 6.45) is 0.268. The second-order valence-corrected chi connectivity index (χ2v) is 12.6. The van der Waals surface area contributed by atoms with E-state index in [0.29, 0.717) is 11.8 Å². The standard InChI is InChI=1S/C28H35F3O6S.C2H6O/c1-6-22(33)36-21-13-26(5)17(10-15(3)28(26,24(35)38-14-29)37-23(34)7-2)18-12-20(30)19-11-16(32)8-9-25(19,4)27(18,21)31;1-2-3/h8-9,11,15,17-18,20-21H,6-7,10,12-14H2,1-5H3;3H,2H2,1H3/t15-,17+,18+,20+,21+,25+,26+,27+,28+;/m1./s1. The van der Waals surface area contributed by atoms with E-state index in [-0.39, 0.29) is 44.3 Å². The average Bonchev–Trinajstić information content (AvgIpc) is 3.14. The molecular weight excluding hydrogens is 561 g/mol. The van der Waals surface area contributed by atoms with Crippen LogP contribution in [0, 0.1) is 28.6 Å². The first-order chi connectivity index (χ1) is 19.2. The fourth-order valence-corrected chi connectivity index (χ4v) is 8.75. The van der Waals surface area contributed by atoms with Gasteiger partial charge in [0, 0.05) is 42.1 Å². The Labute approximate surface area is 243 Å². The fourth-order valence-electron chi connectivity index (χ4n) is 7.96. The largest absolute Gasteiger partial charge is 0.459 e. The molecule has 4 aliphatic rings. The zero-order valence-electron chi connectivity index (χ0n) is 24.5. The van der Waals surface area contributed by atoms with Crippen molar-refractivity contribution in [3.05, 3.63) is 23.8 Å². The van der Waals surface area contributed by atoms with Crippen molar-refractivity contribution in [3.63, 3.8) is 0 Å². The first-order valence-corrected chi connectivity index (χ1v) is 15.2. The Kier molecular flexibility index (Phi) is 9.95. The van der Waals surface area contributed by atoms with Crippen molar-refractivity contribution in [2.24, 2.45) is 28.6 Å². The lowest BCUT2D eigenvalue weighted by atomic mass is 9.44. The molecule has 3 fully saturated rings. The van der Waals surface area contributed by atoms with Crippen LogP contribution in [-0.4, -0.2) is 64.1 Å². The fraction of sp³-hybridized carbons (Fsp3) is 0.733. The molecule has 4 aliphatic carbocycles. The number of halogens is 3. The molecular formula is C30H41F3O7S. The van der Waals surface area contributed by atoms with Crippen molar-refractivity contribution < 1.29 is 46.9 Å². The first kappa shape index (κ1) is 33.4. The van der Waals surface area contributed by atoms with E-state index in [0.717, 1.165) is 6.08 Å². The Balaban J connectivity index is 0.00000147. The minimum Gasteiger partial charge on any atom is -0.459 e. The molecule has 0 spiro atoms. The summed E-state index contributed by atoms with van der Waals surface area (Å²) >= 11 is 0.388. The number of fused-ring (bicyclic) bond motifs is 5. The van der Waals surface area contributed by atoms with Crippen molar-refractivity contribution in [3.8, 4) is 0 Å². The van der Waals surface area contributed by atoms with E-state index in [1.807, 2.05) is 0 Å². The second-order valence-electron chi connectivity index (χ2n) is 11.7. The zero-order chi connectivity index (χ0) is 31.0. The summed E-state index contributed by atoms with van der Waals surface area (Å²) in [5, 5.41) is 6.88. The van der Waals surface area contributed by atoms with Crippen LogP contribution in [0.4, 0.5) is 13.2 Å². The lowest BCUT2D eigenvalue weighted by Gasteiger charge is -2.63. The van der Waals surface area contributed by atoms with Crippen LogP contribution in [0.2, 0.25) is 0 Å². The molecule has 0 saturated heterocycles. The molecule has 0 amide bonds. The Morgan fingerprint density at radius 3 is 2.27 bits per heavy atom. The monoisotopic (exact) mass is 602 g/mol. The van der Waals surface area contributed by atoms with E-state index in [1.54, 1.807) is 34.6 Å². The van der Waals surface area contributed by atoms with Gasteiger partial charge in [0.1, 0.15) is 18.3 Å². The maximum absolute atomic E-state index is 18.0. The highest BCUT2D eigenvalue weighted by Gasteiger charge is 2.79. The number of aliphatic hydroxyl groups is 1. The molecule has 0 radical (unpaired) electrons. The number of hydrogen-bond donors (Lipinski definition) is 1. The molecule has 1 N–H and O–H groups in total. The molecule has 0 aromatic carbocycles. The molecule has 230 valence electrons. The van der Waals surface area contributed by atoms with Gasteiger partial charge in [-0.1, -0.05) is 33.8 Å². The summed E-state index contributed by atoms with van der Waals surface area (Å²) < 4.78 is 58.9. The molecule has 0 aliphatic heterocycles. The Morgan fingerprint density at radius 1 is 1.10 bits per heavy atom. The summed E-state index contributed by atoms with van der Waals surface area (Å²) in [5.74, 6) is -4.11. The zero-order valence-corrected chi connectivity index (χ0v) is 25.3. The minimum absolute atomic E-state index is 0.00341. The summed E-state index contributed by atoms with van der Waals surface area (Å²) in [6.45, 7) is 9.98. The smallest absolute Gasteiger partial charge is 0.306 e. The van der Waals surface area contributed by atoms with Crippen LogP contribution >= 0.6 is 11.8 Å². The van der Waals surface area contributed by atoms with Crippen LogP contribution < -0.4 is 0 Å². The van der Waals surface area contributed by atoms with Gasteiger partial charge >= 0.3 is 11.9 Å². The normalized spacial score (nSPS) is 40.7. The van der Waals surface area contributed by atoms with Gasteiger partial charge in [0.25, 0.3) is 0 Å². The van der Waals surface area contributed by atoms with Crippen LogP contribution in [0.5, 0.6) is 0 Å². The van der Waals surface area contributed by atoms with Gasteiger partial charge in [0.15, 0.2) is 17.1 Å². The van der Waals surface area contributed by atoms with Crippen molar-refractivity contribution in [1.29, 1.82) is 0 Å². The Morgan fingerprint density at radius 2 is 1.71 bits per heavy atom. The molecule has 0 bridgehead atoms. The molecule has 0 unspecified atom stereocenters. The highest BCUT2D eigenvalue weighted by Crippen LogP contribution is 2.72. The highest BCUT2D eigenvalue weighted by atomic mass is 32.2. The van der Waals surface area contributed by atoms with Gasteiger partial charge in [-0.15, -0.1) is 0 Å². The van der Waals surface area contributed by atoms with Crippen LogP contribution in [0.3, 0.4) is 0 Å². The van der Waals surface area contributed by atoms with Crippen LogP contribution in [0.25, 0.3) is 0 Å². The summed E-state index contributed by atoms with van der Waals surface area (Å²) in [5.41, 5.74) is -6.99. The highest BCUT2D eigenvalue weighted by molar-refractivity contribution is 8.13. The third kappa shape index (κ3) is 4.98. The quantitative estimate of drug-likeness (QED) is 0.404. The number of hydrogen-bond acceptors (Lipinski definition) is 8. The molecule has 0 aromatic heterocycles. The van der Waals surface area contributed by atoms with Gasteiger partial charge in [0.05, 0.1) is 0 Å². The maximum Gasteiger partial charge on any atom is 0.306 e. The van der Waals surface area contributed by atoms with Crippen molar-refractivity contribution in [1.82, 2.24) is 0 Å². The molecule has 41 heavy (non-hydrogen) atoms. The number of carbonyl (C=O) groups is 4. The second kappa shape index (κ2) is 12.2. The van der Waals surface area contributed by atoms with E-state index in [2.05, 4.69) is 0 Å². The topological polar surface area (TPSA) is 107 Å².